The van der Waals surface area contributed by atoms with Gasteiger partial charge in [0.15, 0.2) is 0 Å². The number of benzene rings is 2. The Balaban J connectivity index is 2.55. The van der Waals surface area contributed by atoms with Crippen molar-refractivity contribution in [3.05, 3.63) is 58.7 Å². The molecule has 2 aromatic carbocycles. The van der Waals surface area contributed by atoms with Crippen molar-refractivity contribution in [1.82, 2.24) is 0 Å². The molecule has 0 unspecified atom stereocenters. The number of ether oxygens (including phenoxy) is 3. The molecule has 0 aromatic heterocycles. The average molecular weight is 312 g/mol. The number of hydrogen-bond acceptors (Lipinski definition) is 4. The second kappa shape index (κ2) is 7.49. The van der Waals surface area contributed by atoms with Crippen LogP contribution in [0.3, 0.4) is 0 Å². The second-order valence-electron chi connectivity index (χ2n) is 4.98. The Kier molecular flexibility index (Phi) is 5.41. The Morgan fingerprint density at radius 1 is 0.957 bits per heavy atom. The minimum Gasteiger partial charge on any atom is -0.497 e. The van der Waals surface area contributed by atoms with E-state index in [9.17, 15) is 4.79 Å². The number of aryl methyl sites for hydroxylation is 1. The quantitative estimate of drug-likeness (QED) is 0.619. The second-order valence-corrected chi connectivity index (χ2v) is 4.98. The van der Waals surface area contributed by atoms with E-state index >= 15 is 0 Å². The van der Waals surface area contributed by atoms with Crippen LogP contribution in [-0.4, -0.2) is 27.3 Å². The Bertz CT molecular complexity index is 732. The molecule has 0 bridgehead atoms. The SMILES string of the molecule is COC(=O)c1c(/C=C/c2ccccc2C)cc(OC)cc1OC. The van der Waals surface area contributed by atoms with Crippen LogP contribution in [0.15, 0.2) is 36.4 Å². The van der Waals surface area contributed by atoms with Gasteiger partial charge in [-0.3, -0.25) is 0 Å². The predicted molar refractivity (Wildman–Crippen MR) is 91.0 cm³/mol. The summed E-state index contributed by atoms with van der Waals surface area (Å²) in [7, 11) is 4.43. The fourth-order valence-corrected chi connectivity index (χ4v) is 2.29. The maximum atomic E-state index is 12.1. The van der Waals surface area contributed by atoms with Gasteiger partial charge in [0.05, 0.1) is 21.3 Å². The molecule has 0 amide bonds. The Hall–Kier alpha value is -2.75. The molecule has 0 fully saturated rings. The van der Waals surface area contributed by atoms with Gasteiger partial charge in [-0.05, 0) is 29.7 Å². The summed E-state index contributed by atoms with van der Waals surface area (Å²) in [5, 5.41) is 0. The first-order valence-electron chi connectivity index (χ1n) is 7.18. The zero-order chi connectivity index (χ0) is 16.8. The van der Waals surface area contributed by atoms with Gasteiger partial charge in [0.2, 0.25) is 0 Å². The van der Waals surface area contributed by atoms with Gasteiger partial charge in [0, 0.05) is 6.07 Å². The van der Waals surface area contributed by atoms with Gasteiger partial charge in [-0.25, -0.2) is 4.79 Å². The predicted octanol–water partition coefficient (Wildman–Crippen LogP) is 3.97. The molecule has 120 valence electrons. The zero-order valence-corrected chi connectivity index (χ0v) is 13.8. The smallest absolute Gasteiger partial charge is 0.342 e. The summed E-state index contributed by atoms with van der Waals surface area (Å²) in [6.07, 6.45) is 3.82. The number of rotatable bonds is 5. The van der Waals surface area contributed by atoms with E-state index in [2.05, 4.69) is 0 Å². The molecule has 0 N–H and O–H groups in total. The van der Waals surface area contributed by atoms with Gasteiger partial charge in [0.25, 0.3) is 0 Å². The lowest BCUT2D eigenvalue weighted by Gasteiger charge is -2.12. The number of carbonyl (C=O) groups is 1. The summed E-state index contributed by atoms with van der Waals surface area (Å²) in [6, 6.07) is 11.5. The molecule has 0 saturated heterocycles. The van der Waals surface area contributed by atoms with E-state index in [0.29, 0.717) is 22.6 Å². The molecule has 0 heterocycles. The third-order valence-corrected chi connectivity index (χ3v) is 3.58. The molecule has 2 aromatic rings. The third-order valence-electron chi connectivity index (χ3n) is 3.58. The highest BCUT2D eigenvalue weighted by Crippen LogP contribution is 2.31. The Labute approximate surface area is 136 Å². The number of esters is 1. The summed E-state index contributed by atoms with van der Waals surface area (Å²) in [5.74, 6) is 0.577. The van der Waals surface area contributed by atoms with Gasteiger partial charge in [-0.15, -0.1) is 0 Å². The van der Waals surface area contributed by atoms with E-state index < -0.39 is 5.97 Å². The zero-order valence-electron chi connectivity index (χ0n) is 13.8. The third kappa shape index (κ3) is 3.72. The van der Waals surface area contributed by atoms with E-state index in [4.69, 9.17) is 14.2 Å². The topological polar surface area (TPSA) is 44.8 Å². The van der Waals surface area contributed by atoms with E-state index in [1.165, 1.54) is 14.2 Å². The standard InChI is InChI=1S/C19H20O4/c1-13-7-5-6-8-14(13)9-10-15-11-16(21-2)12-17(22-3)18(15)19(20)23-4/h5-12H,1-4H3/b10-9+. The van der Waals surface area contributed by atoms with E-state index in [0.717, 1.165) is 11.1 Å². The minimum absolute atomic E-state index is 0.376. The van der Waals surface area contributed by atoms with Gasteiger partial charge in [-0.1, -0.05) is 36.4 Å². The van der Waals surface area contributed by atoms with Crippen LogP contribution in [0, 0.1) is 6.92 Å². The van der Waals surface area contributed by atoms with Crippen molar-refractivity contribution in [3.63, 3.8) is 0 Å². The van der Waals surface area contributed by atoms with Crippen molar-refractivity contribution >= 4 is 18.1 Å². The molecule has 0 radical (unpaired) electrons. The lowest BCUT2D eigenvalue weighted by atomic mass is 10.0. The average Bonchev–Trinajstić information content (AvgIpc) is 2.59. The summed E-state index contributed by atoms with van der Waals surface area (Å²) in [4.78, 5) is 12.1. The highest BCUT2D eigenvalue weighted by atomic mass is 16.5. The van der Waals surface area contributed by atoms with Gasteiger partial charge >= 0.3 is 5.97 Å². The Morgan fingerprint density at radius 2 is 1.65 bits per heavy atom. The maximum Gasteiger partial charge on any atom is 0.342 e. The van der Waals surface area contributed by atoms with Gasteiger partial charge in [0.1, 0.15) is 17.1 Å². The minimum atomic E-state index is -0.450. The molecule has 0 saturated carbocycles. The molecular formula is C19H20O4. The van der Waals surface area contributed by atoms with Crippen molar-refractivity contribution in [2.75, 3.05) is 21.3 Å². The van der Waals surface area contributed by atoms with Crippen LogP contribution in [0.5, 0.6) is 11.5 Å². The van der Waals surface area contributed by atoms with Gasteiger partial charge in [-0.2, -0.15) is 0 Å². The van der Waals surface area contributed by atoms with Crippen molar-refractivity contribution < 1.29 is 19.0 Å². The molecule has 0 aliphatic heterocycles. The number of methoxy groups -OCH3 is 3. The summed E-state index contributed by atoms with van der Waals surface area (Å²) < 4.78 is 15.5. The van der Waals surface area contributed by atoms with Gasteiger partial charge < -0.3 is 14.2 Å². The lowest BCUT2D eigenvalue weighted by molar-refractivity contribution is 0.0597. The van der Waals surface area contributed by atoms with Crippen molar-refractivity contribution in [2.45, 2.75) is 6.92 Å². The number of carbonyl (C=O) groups excluding carboxylic acids is 1. The lowest BCUT2D eigenvalue weighted by Crippen LogP contribution is -2.07. The normalized spacial score (nSPS) is 10.6. The molecule has 0 aliphatic rings. The van der Waals surface area contributed by atoms with Crippen molar-refractivity contribution in [1.29, 1.82) is 0 Å². The van der Waals surface area contributed by atoms with Crippen LogP contribution in [-0.2, 0) is 4.74 Å². The first kappa shape index (κ1) is 16.6. The van der Waals surface area contributed by atoms with Crippen LogP contribution in [0.4, 0.5) is 0 Å². The highest BCUT2D eigenvalue weighted by molar-refractivity contribution is 5.98. The van der Waals surface area contributed by atoms with E-state index in [1.807, 2.05) is 43.3 Å². The Morgan fingerprint density at radius 3 is 2.26 bits per heavy atom. The first-order valence-corrected chi connectivity index (χ1v) is 7.18. The summed E-state index contributed by atoms with van der Waals surface area (Å²) in [6.45, 7) is 2.03. The fourth-order valence-electron chi connectivity index (χ4n) is 2.29. The van der Waals surface area contributed by atoms with Crippen LogP contribution in [0.25, 0.3) is 12.2 Å². The number of hydrogen-bond donors (Lipinski definition) is 0. The van der Waals surface area contributed by atoms with E-state index in [1.54, 1.807) is 19.2 Å². The molecule has 2 rings (SSSR count). The molecular weight excluding hydrogens is 292 g/mol. The monoisotopic (exact) mass is 312 g/mol. The molecule has 4 heteroatoms. The largest absolute Gasteiger partial charge is 0.497 e. The first-order chi connectivity index (χ1) is 11.1. The van der Waals surface area contributed by atoms with Crippen LogP contribution >= 0.6 is 0 Å². The van der Waals surface area contributed by atoms with Crippen molar-refractivity contribution in [3.8, 4) is 11.5 Å². The fraction of sp³-hybridized carbons (Fsp3) is 0.211. The molecule has 0 aliphatic carbocycles. The molecule has 0 spiro atoms. The van der Waals surface area contributed by atoms with Crippen molar-refractivity contribution in [2.24, 2.45) is 0 Å². The summed E-state index contributed by atoms with van der Waals surface area (Å²) in [5.41, 5.74) is 3.28. The molecule has 4 nitrogen and oxygen atoms in total. The molecule has 23 heavy (non-hydrogen) atoms. The van der Waals surface area contributed by atoms with Crippen LogP contribution in [0.2, 0.25) is 0 Å². The summed E-state index contributed by atoms with van der Waals surface area (Å²) >= 11 is 0. The molecule has 0 atom stereocenters. The highest BCUT2D eigenvalue weighted by Gasteiger charge is 2.18. The van der Waals surface area contributed by atoms with Crippen LogP contribution < -0.4 is 9.47 Å². The van der Waals surface area contributed by atoms with E-state index in [-0.39, 0.29) is 0 Å². The van der Waals surface area contributed by atoms with Crippen LogP contribution in [0.1, 0.15) is 27.0 Å². The maximum absolute atomic E-state index is 12.1.